The number of ether oxygens (including phenoxy) is 1. The van der Waals surface area contributed by atoms with E-state index in [1.165, 1.54) is 12.1 Å². The van der Waals surface area contributed by atoms with E-state index < -0.39 is 10.0 Å². The van der Waals surface area contributed by atoms with E-state index in [4.69, 9.17) is 9.88 Å². The Morgan fingerprint density at radius 3 is 2.62 bits per heavy atom. The third kappa shape index (κ3) is 5.26. The number of nitrogens with one attached hydrogen (secondary N) is 1. The zero-order valence-corrected chi connectivity index (χ0v) is 15.8. The number of rotatable bonds is 8. The summed E-state index contributed by atoms with van der Waals surface area (Å²) in [5, 5.41) is 7.89. The molecule has 1 saturated heterocycles. The van der Waals surface area contributed by atoms with Crippen molar-refractivity contribution in [1.82, 2.24) is 10.2 Å². The van der Waals surface area contributed by atoms with Gasteiger partial charge in [-0.1, -0.05) is 12.1 Å². The molecular weight excluding hydrogens is 358 g/mol. The first-order valence-electron chi connectivity index (χ1n) is 8.40. The Kier molecular flexibility index (Phi) is 6.74. The molecule has 1 fully saturated rings. The monoisotopic (exact) mass is 383 g/mol. The van der Waals surface area contributed by atoms with Gasteiger partial charge in [0.05, 0.1) is 23.5 Å². The summed E-state index contributed by atoms with van der Waals surface area (Å²) in [6.07, 6.45) is 0.768. The van der Waals surface area contributed by atoms with Gasteiger partial charge in [-0.05, 0) is 31.0 Å². The molecule has 2 amide bonds. The van der Waals surface area contributed by atoms with Crippen LogP contribution in [-0.4, -0.2) is 58.0 Å². The van der Waals surface area contributed by atoms with Gasteiger partial charge in [0.2, 0.25) is 21.8 Å². The molecular formula is C17H25N3O5S. The molecule has 1 aliphatic rings. The summed E-state index contributed by atoms with van der Waals surface area (Å²) in [6, 6.07) is 6.16. The predicted molar refractivity (Wildman–Crippen MR) is 95.7 cm³/mol. The van der Waals surface area contributed by atoms with Gasteiger partial charge < -0.3 is 15.0 Å². The average Bonchev–Trinajstić information content (AvgIpc) is 2.97. The van der Waals surface area contributed by atoms with Crippen molar-refractivity contribution < 1.29 is 22.7 Å². The smallest absolute Gasteiger partial charge is 0.238 e. The number of likely N-dealkylation sites (tertiary alicyclic amines) is 1. The van der Waals surface area contributed by atoms with Crippen molar-refractivity contribution in [2.24, 2.45) is 11.1 Å². The summed E-state index contributed by atoms with van der Waals surface area (Å²) in [5.41, 5.74) is 0.885. The summed E-state index contributed by atoms with van der Waals surface area (Å²) in [6.45, 7) is 3.14. The molecule has 0 bridgehead atoms. The van der Waals surface area contributed by atoms with Crippen molar-refractivity contribution in [1.29, 1.82) is 0 Å². The second-order valence-electron chi connectivity index (χ2n) is 6.48. The highest BCUT2D eigenvalue weighted by atomic mass is 32.2. The van der Waals surface area contributed by atoms with E-state index in [1.807, 2.05) is 6.92 Å². The van der Waals surface area contributed by atoms with Crippen LogP contribution in [0, 0.1) is 5.92 Å². The molecule has 2 atom stereocenters. The van der Waals surface area contributed by atoms with Gasteiger partial charge in [0, 0.05) is 26.6 Å². The van der Waals surface area contributed by atoms with Gasteiger partial charge in [0.25, 0.3) is 0 Å². The minimum absolute atomic E-state index is 0.0340. The number of benzene rings is 1. The van der Waals surface area contributed by atoms with Crippen LogP contribution in [-0.2, 0) is 30.8 Å². The quantitative estimate of drug-likeness (QED) is 0.648. The fourth-order valence-corrected chi connectivity index (χ4v) is 3.50. The highest BCUT2D eigenvalue weighted by Crippen LogP contribution is 2.20. The maximum atomic E-state index is 12.3. The van der Waals surface area contributed by atoms with E-state index in [9.17, 15) is 18.0 Å². The number of sulfonamides is 1. The summed E-state index contributed by atoms with van der Waals surface area (Å²) < 4.78 is 27.5. The van der Waals surface area contributed by atoms with E-state index in [1.54, 1.807) is 24.1 Å². The fraction of sp³-hybridized carbons (Fsp3) is 0.529. The molecule has 0 unspecified atom stereocenters. The Hall–Kier alpha value is -1.97. The summed E-state index contributed by atoms with van der Waals surface area (Å²) in [4.78, 5) is 26.1. The lowest BCUT2D eigenvalue weighted by molar-refractivity contribution is -0.130. The number of methoxy groups -OCH3 is 1. The number of hydrogen-bond donors (Lipinski definition) is 2. The zero-order chi connectivity index (χ0) is 19.3. The van der Waals surface area contributed by atoms with Gasteiger partial charge in [0.15, 0.2) is 0 Å². The number of hydrogen-bond acceptors (Lipinski definition) is 5. The standard InChI is InChI=1S/C17H25N3O5S/c1-12(11-25-2)20-10-14(9-16(20)21)17(22)19-8-7-13-3-5-15(6-4-13)26(18,23)24/h3-6,12,14H,7-11H2,1-2H3,(H,19,22)(H2,18,23,24)/t12-,14-/m0/s1. The van der Waals surface area contributed by atoms with Crippen molar-refractivity contribution in [2.75, 3.05) is 26.8 Å². The zero-order valence-electron chi connectivity index (χ0n) is 15.0. The number of nitrogens with two attached hydrogens (primary N) is 1. The van der Waals surface area contributed by atoms with Gasteiger partial charge >= 0.3 is 0 Å². The lowest BCUT2D eigenvalue weighted by Gasteiger charge is -2.23. The molecule has 1 aromatic rings. The molecule has 1 aromatic carbocycles. The van der Waals surface area contributed by atoms with Crippen LogP contribution in [0.1, 0.15) is 18.9 Å². The molecule has 0 radical (unpaired) electrons. The van der Waals surface area contributed by atoms with Crippen molar-refractivity contribution in [2.45, 2.75) is 30.7 Å². The maximum absolute atomic E-state index is 12.3. The number of carbonyl (C=O) groups is 2. The molecule has 0 spiro atoms. The molecule has 144 valence electrons. The first kappa shape index (κ1) is 20.3. The first-order chi connectivity index (χ1) is 12.2. The second-order valence-corrected chi connectivity index (χ2v) is 8.04. The Balaban J connectivity index is 1.81. The normalized spacial score (nSPS) is 18.8. The van der Waals surface area contributed by atoms with Gasteiger partial charge in [-0.25, -0.2) is 13.6 Å². The molecule has 1 aliphatic heterocycles. The van der Waals surface area contributed by atoms with Crippen molar-refractivity contribution in [3.8, 4) is 0 Å². The van der Waals surface area contributed by atoms with Crippen LogP contribution in [0.2, 0.25) is 0 Å². The van der Waals surface area contributed by atoms with Crippen LogP contribution >= 0.6 is 0 Å². The molecule has 8 nitrogen and oxygen atoms in total. The van der Waals surface area contributed by atoms with E-state index in [2.05, 4.69) is 5.32 Å². The fourth-order valence-electron chi connectivity index (χ4n) is 2.98. The SMILES string of the molecule is COC[C@H](C)N1C[C@@H](C(=O)NCCc2ccc(S(N)(=O)=O)cc2)CC1=O. The Bertz CT molecular complexity index is 748. The van der Waals surface area contributed by atoms with Crippen LogP contribution < -0.4 is 10.5 Å². The predicted octanol–water partition coefficient (Wildman–Crippen LogP) is -0.124. The Morgan fingerprint density at radius 1 is 1.38 bits per heavy atom. The van der Waals surface area contributed by atoms with E-state index in [0.29, 0.717) is 26.1 Å². The number of carbonyl (C=O) groups excluding carboxylic acids is 2. The van der Waals surface area contributed by atoms with E-state index in [-0.39, 0.29) is 35.1 Å². The summed E-state index contributed by atoms with van der Waals surface area (Å²) in [7, 11) is -2.12. The van der Waals surface area contributed by atoms with Crippen LogP contribution in [0.25, 0.3) is 0 Å². The van der Waals surface area contributed by atoms with Crippen molar-refractivity contribution in [3.05, 3.63) is 29.8 Å². The Morgan fingerprint density at radius 2 is 2.04 bits per heavy atom. The average molecular weight is 383 g/mol. The van der Waals surface area contributed by atoms with Crippen LogP contribution in [0.4, 0.5) is 0 Å². The highest BCUT2D eigenvalue weighted by Gasteiger charge is 2.36. The number of primary sulfonamides is 1. The molecule has 2 rings (SSSR count). The van der Waals surface area contributed by atoms with Crippen LogP contribution in [0.3, 0.4) is 0 Å². The van der Waals surface area contributed by atoms with Crippen molar-refractivity contribution >= 4 is 21.8 Å². The third-order valence-electron chi connectivity index (χ3n) is 4.43. The summed E-state index contributed by atoms with van der Waals surface area (Å²) in [5.74, 6) is -0.536. The van der Waals surface area contributed by atoms with Crippen LogP contribution in [0.5, 0.6) is 0 Å². The molecule has 26 heavy (non-hydrogen) atoms. The number of amides is 2. The minimum Gasteiger partial charge on any atom is -0.383 e. The largest absolute Gasteiger partial charge is 0.383 e. The molecule has 0 aliphatic carbocycles. The maximum Gasteiger partial charge on any atom is 0.238 e. The second kappa shape index (κ2) is 8.61. The van der Waals surface area contributed by atoms with Crippen molar-refractivity contribution in [3.63, 3.8) is 0 Å². The van der Waals surface area contributed by atoms with Gasteiger partial charge in [0.1, 0.15) is 0 Å². The van der Waals surface area contributed by atoms with Gasteiger partial charge in [-0.3, -0.25) is 9.59 Å². The lowest BCUT2D eigenvalue weighted by Crippen LogP contribution is -2.39. The minimum atomic E-state index is -3.70. The first-order valence-corrected chi connectivity index (χ1v) is 9.95. The number of nitrogens with zero attached hydrogens (tertiary/aromatic N) is 1. The molecule has 0 saturated carbocycles. The molecule has 3 N–H and O–H groups in total. The van der Waals surface area contributed by atoms with E-state index >= 15 is 0 Å². The van der Waals surface area contributed by atoms with Crippen LogP contribution in [0.15, 0.2) is 29.2 Å². The topological polar surface area (TPSA) is 119 Å². The van der Waals surface area contributed by atoms with Gasteiger partial charge in [-0.2, -0.15) is 0 Å². The molecule has 9 heteroatoms. The molecule has 1 heterocycles. The molecule has 0 aromatic heterocycles. The van der Waals surface area contributed by atoms with Gasteiger partial charge in [-0.15, -0.1) is 0 Å². The lowest BCUT2D eigenvalue weighted by atomic mass is 10.1. The summed E-state index contributed by atoms with van der Waals surface area (Å²) >= 11 is 0. The Labute approximate surface area is 153 Å². The third-order valence-corrected chi connectivity index (χ3v) is 5.36. The highest BCUT2D eigenvalue weighted by molar-refractivity contribution is 7.89. The van der Waals surface area contributed by atoms with E-state index in [0.717, 1.165) is 5.56 Å².